The average molecular weight is 454 g/mol. The quantitative estimate of drug-likeness (QED) is 0.536. The van der Waals surface area contributed by atoms with Crippen LogP contribution in [0.4, 0.5) is 5.69 Å². The van der Waals surface area contributed by atoms with Gasteiger partial charge < -0.3 is 10.6 Å². The molecule has 33 heavy (non-hydrogen) atoms. The zero-order valence-corrected chi connectivity index (χ0v) is 19.7. The SMILES string of the molecule is C[C@@H]1CCC[C@@H](C)N1CCCNC(=O)C(=O)Nc1ccc2nc3n(c(=O)c2c1)CCCCC3. The van der Waals surface area contributed by atoms with Gasteiger partial charge in [-0.3, -0.25) is 23.9 Å². The fourth-order valence-corrected chi connectivity index (χ4v) is 5.14. The van der Waals surface area contributed by atoms with Crippen LogP contribution >= 0.6 is 0 Å². The van der Waals surface area contributed by atoms with E-state index in [1.165, 1.54) is 19.3 Å². The third kappa shape index (κ3) is 5.43. The molecule has 1 aromatic carbocycles. The van der Waals surface area contributed by atoms with E-state index in [9.17, 15) is 14.4 Å². The summed E-state index contributed by atoms with van der Waals surface area (Å²) in [5, 5.41) is 5.79. The summed E-state index contributed by atoms with van der Waals surface area (Å²) < 4.78 is 1.75. The molecule has 0 spiro atoms. The van der Waals surface area contributed by atoms with Gasteiger partial charge in [0.1, 0.15) is 5.82 Å². The van der Waals surface area contributed by atoms with Gasteiger partial charge in [0, 0.05) is 43.8 Å². The summed E-state index contributed by atoms with van der Waals surface area (Å²) in [7, 11) is 0. The molecule has 1 fully saturated rings. The highest BCUT2D eigenvalue weighted by molar-refractivity contribution is 6.39. The molecule has 2 atom stereocenters. The van der Waals surface area contributed by atoms with Crippen LogP contribution in [-0.2, 0) is 22.6 Å². The van der Waals surface area contributed by atoms with Crippen molar-refractivity contribution >= 4 is 28.4 Å². The Balaban J connectivity index is 1.33. The van der Waals surface area contributed by atoms with E-state index in [2.05, 4.69) is 34.4 Å². The van der Waals surface area contributed by atoms with Crippen molar-refractivity contribution in [2.45, 2.75) is 83.8 Å². The molecule has 0 bridgehead atoms. The number of anilines is 1. The molecule has 8 heteroatoms. The van der Waals surface area contributed by atoms with Crippen molar-refractivity contribution in [2.75, 3.05) is 18.4 Å². The second-order valence-electron chi connectivity index (χ2n) is 9.46. The number of rotatable bonds is 5. The van der Waals surface area contributed by atoms with Gasteiger partial charge in [-0.2, -0.15) is 0 Å². The predicted octanol–water partition coefficient (Wildman–Crippen LogP) is 2.83. The van der Waals surface area contributed by atoms with Crippen molar-refractivity contribution in [3.05, 3.63) is 34.4 Å². The number of nitrogens with zero attached hydrogens (tertiary/aromatic N) is 3. The topological polar surface area (TPSA) is 96.3 Å². The summed E-state index contributed by atoms with van der Waals surface area (Å²) >= 11 is 0. The summed E-state index contributed by atoms with van der Waals surface area (Å²) in [6.45, 7) is 6.55. The summed E-state index contributed by atoms with van der Waals surface area (Å²) in [6, 6.07) is 6.17. The van der Waals surface area contributed by atoms with Gasteiger partial charge in [-0.25, -0.2) is 4.98 Å². The molecule has 0 unspecified atom stereocenters. The number of benzene rings is 1. The first kappa shape index (κ1) is 23.4. The lowest BCUT2D eigenvalue weighted by Crippen LogP contribution is -2.45. The van der Waals surface area contributed by atoms with E-state index in [-0.39, 0.29) is 5.56 Å². The van der Waals surface area contributed by atoms with Crippen LogP contribution in [0.25, 0.3) is 10.9 Å². The summed E-state index contributed by atoms with van der Waals surface area (Å²) in [6.07, 6.45) is 8.40. The molecule has 3 heterocycles. The van der Waals surface area contributed by atoms with Crippen LogP contribution in [0.5, 0.6) is 0 Å². The molecule has 2 aliphatic heterocycles. The van der Waals surface area contributed by atoms with E-state index >= 15 is 0 Å². The van der Waals surface area contributed by atoms with E-state index in [4.69, 9.17) is 0 Å². The molecule has 178 valence electrons. The van der Waals surface area contributed by atoms with Gasteiger partial charge in [0.25, 0.3) is 5.56 Å². The number of nitrogens with one attached hydrogen (secondary N) is 2. The van der Waals surface area contributed by atoms with Crippen LogP contribution in [0.3, 0.4) is 0 Å². The molecular formula is C25H35N5O3. The highest BCUT2D eigenvalue weighted by Gasteiger charge is 2.24. The average Bonchev–Trinajstić information content (AvgIpc) is 3.04. The third-order valence-electron chi connectivity index (χ3n) is 7.03. The highest BCUT2D eigenvalue weighted by atomic mass is 16.2. The molecule has 2 aromatic rings. The molecule has 2 amide bonds. The van der Waals surface area contributed by atoms with Crippen LogP contribution in [0.15, 0.2) is 23.0 Å². The number of aromatic nitrogens is 2. The van der Waals surface area contributed by atoms with Crippen molar-refractivity contribution in [3.8, 4) is 0 Å². The van der Waals surface area contributed by atoms with Crippen LogP contribution in [-0.4, -0.2) is 51.4 Å². The van der Waals surface area contributed by atoms with Crippen molar-refractivity contribution in [2.24, 2.45) is 0 Å². The van der Waals surface area contributed by atoms with E-state index in [1.54, 1.807) is 22.8 Å². The number of hydrogen-bond acceptors (Lipinski definition) is 5. The number of hydrogen-bond donors (Lipinski definition) is 2. The summed E-state index contributed by atoms with van der Waals surface area (Å²) in [5.41, 5.74) is 0.960. The highest BCUT2D eigenvalue weighted by Crippen LogP contribution is 2.22. The number of carbonyl (C=O) groups excluding carboxylic acids is 2. The molecule has 2 aliphatic rings. The van der Waals surface area contributed by atoms with Crippen LogP contribution < -0.4 is 16.2 Å². The number of piperidine rings is 1. The van der Waals surface area contributed by atoms with E-state index in [1.807, 2.05) is 0 Å². The Morgan fingerprint density at radius 3 is 2.64 bits per heavy atom. The van der Waals surface area contributed by atoms with E-state index in [0.717, 1.165) is 44.5 Å². The van der Waals surface area contributed by atoms with Gasteiger partial charge >= 0.3 is 11.8 Å². The maximum atomic E-state index is 13.0. The molecule has 1 aromatic heterocycles. The van der Waals surface area contributed by atoms with Crippen molar-refractivity contribution in [1.82, 2.24) is 19.8 Å². The first-order valence-corrected chi connectivity index (χ1v) is 12.3. The van der Waals surface area contributed by atoms with E-state index < -0.39 is 11.8 Å². The smallest absolute Gasteiger partial charge is 0.313 e. The van der Waals surface area contributed by atoms with Gasteiger partial charge in [-0.05, 0) is 64.2 Å². The largest absolute Gasteiger partial charge is 0.348 e. The summed E-state index contributed by atoms with van der Waals surface area (Å²) in [5.74, 6) is -0.557. The fourth-order valence-electron chi connectivity index (χ4n) is 5.14. The monoisotopic (exact) mass is 453 g/mol. The first-order valence-electron chi connectivity index (χ1n) is 12.3. The zero-order valence-electron chi connectivity index (χ0n) is 19.7. The van der Waals surface area contributed by atoms with Crippen molar-refractivity contribution in [1.29, 1.82) is 0 Å². The Kier molecular flexibility index (Phi) is 7.42. The molecular weight excluding hydrogens is 418 g/mol. The maximum Gasteiger partial charge on any atom is 0.313 e. The second-order valence-corrected chi connectivity index (χ2v) is 9.46. The standard InChI is InChI=1S/C25H35N5O3/c1-17-8-6-9-18(2)29(17)15-7-13-26-23(31)24(32)27-19-11-12-21-20(16-19)25(33)30-14-5-3-4-10-22(30)28-21/h11-12,16-18H,3-10,13-15H2,1-2H3,(H,26,31)(H,27,32)/t17-,18-/m1/s1. The first-order chi connectivity index (χ1) is 15.9. The maximum absolute atomic E-state index is 13.0. The normalized spacial score (nSPS) is 21.3. The molecule has 1 saturated heterocycles. The summed E-state index contributed by atoms with van der Waals surface area (Å²) in [4.78, 5) is 44.8. The van der Waals surface area contributed by atoms with Crippen LogP contribution in [0.1, 0.15) is 64.6 Å². The second kappa shape index (κ2) is 10.5. The fraction of sp³-hybridized carbons (Fsp3) is 0.600. The lowest BCUT2D eigenvalue weighted by Gasteiger charge is -2.39. The van der Waals surface area contributed by atoms with Gasteiger partial charge in [0.15, 0.2) is 0 Å². The number of fused-ring (bicyclic) bond motifs is 2. The Labute approximate surface area is 194 Å². The predicted molar refractivity (Wildman–Crippen MR) is 129 cm³/mol. The minimum absolute atomic E-state index is 0.0846. The van der Waals surface area contributed by atoms with Crippen LogP contribution in [0.2, 0.25) is 0 Å². The lowest BCUT2D eigenvalue weighted by molar-refractivity contribution is -0.136. The van der Waals surface area contributed by atoms with Gasteiger partial charge in [-0.1, -0.05) is 12.8 Å². The molecule has 0 radical (unpaired) electrons. The number of likely N-dealkylation sites (tertiary alicyclic amines) is 1. The number of amides is 2. The van der Waals surface area contributed by atoms with Gasteiger partial charge in [-0.15, -0.1) is 0 Å². The number of aryl methyl sites for hydroxylation is 1. The van der Waals surface area contributed by atoms with Crippen molar-refractivity contribution < 1.29 is 9.59 Å². The Morgan fingerprint density at radius 2 is 1.85 bits per heavy atom. The molecule has 0 saturated carbocycles. The Hall–Kier alpha value is -2.74. The Morgan fingerprint density at radius 1 is 1.06 bits per heavy atom. The Bertz CT molecular complexity index is 1070. The molecule has 4 rings (SSSR count). The molecule has 8 nitrogen and oxygen atoms in total. The van der Waals surface area contributed by atoms with Gasteiger partial charge in [0.05, 0.1) is 10.9 Å². The molecule has 2 N–H and O–H groups in total. The minimum Gasteiger partial charge on any atom is -0.348 e. The van der Waals surface area contributed by atoms with Gasteiger partial charge in [0.2, 0.25) is 0 Å². The third-order valence-corrected chi connectivity index (χ3v) is 7.03. The lowest BCUT2D eigenvalue weighted by atomic mass is 9.97. The molecule has 0 aliphatic carbocycles. The van der Waals surface area contributed by atoms with E-state index in [0.29, 0.717) is 41.8 Å². The minimum atomic E-state index is -0.725. The zero-order chi connectivity index (χ0) is 23.4. The van der Waals surface area contributed by atoms with Crippen molar-refractivity contribution in [3.63, 3.8) is 0 Å². The van der Waals surface area contributed by atoms with Crippen LogP contribution in [0, 0.1) is 0 Å². The number of carbonyl (C=O) groups is 2.